The van der Waals surface area contributed by atoms with Crippen molar-refractivity contribution in [1.29, 1.82) is 0 Å². The summed E-state index contributed by atoms with van der Waals surface area (Å²) in [7, 11) is 0. The molecule has 3 heterocycles. The first kappa shape index (κ1) is 25.1. The van der Waals surface area contributed by atoms with Crippen LogP contribution in [0.15, 0.2) is 72.6 Å². The van der Waals surface area contributed by atoms with E-state index in [2.05, 4.69) is 27.8 Å². The van der Waals surface area contributed by atoms with E-state index in [1.807, 2.05) is 31.2 Å². The molecule has 192 valence electrons. The highest BCUT2D eigenvalue weighted by Gasteiger charge is 2.19. The molecular formula is C30H32FN3O3. The lowest BCUT2D eigenvalue weighted by atomic mass is 9.88. The Morgan fingerprint density at radius 3 is 2.43 bits per heavy atom. The summed E-state index contributed by atoms with van der Waals surface area (Å²) in [5, 5.41) is 6.47. The van der Waals surface area contributed by atoms with E-state index in [0.717, 1.165) is 49.0 Å². The van der Waals surface area contributed by atoms with Gasteiger partial charge in [-0.1, -0.05) is 42.0 Å². The highest BCUT2D eigenvalue weighted by molar-refractivity contribution is 5.94. The van der Waals surface area contributed by atoms with Crippen LogP contribution in [-0.4, -0.2) is 43.3 Å². The van der Waals surface area contributed by atoms with Crippen molar-refractivity contribution in [1.82, 2.24) is 15.6 Å². The molecule has 0 aliphatic carbocycles. The van der Waals surface area contributed by atoms with Gasteiger partial charge in [-0.2, -0.15) is 0 Å². The first-order valence-electron chi connectivity index (χ1n) is 12.9. The molecule has 2 aliphatic rings. The molecule has 6 nitrogen and oxygen atoms in total. The van der Waals surface area contributed by atoms with Crippen molar-refractivity contribution in [2.75, 3.05) is 26.3 Å². The number of halogens is 1. The highest BCUT2D eigenvalue weighted by Crippen LogP contribution is 2.32. The minimum absolute atomic E-state index is 0.00260. The molecule has 2 saturated heterocycles. The molecule has 0 radical (unpaired) electrons. The predicted octanol–water partition coefficient (Wildman–Crippen LogP) is 5.06. The lowest BCUT2D eigenvalue weighted by Gasteiger charge is -2.22. The SMILES string of the molecule is C[C@@H](NC(=O)c1cncc(O[C@@H]2CCOC2)c1)c1ccc(C(=C2CCNCC2)c2ccc(F)cc2)cc1. The number of nitrogens with zero attached hydrogens (tertiary/aromatic N) is 1. The Labute approximate surface area is 216 Å². The Bertz CT molecular complexity index is 1240. The van der Waals surface area contributed by atoms with Crippen molar-refractivity contribution in [3.05, 3.63) is 101 Å². The smallest absolute Gasteiger partial charge is 0.253 e. The number of carbonyl (C=O) groups is 1. The third-order valence-corrected chi connectivity index (χ3v) is 6.91. The Morgan fingerprint density at radius 2 is 1.76 bits per heavy atom. The van der Waals surface area contributed by atoms with Crippen LogP contribution in [0.5, 0.6) is 5.75 Å². The fraction of sp³-hybridized carbons (Fsp3) is 0.333. The molecule has 2 aliphatic heterocycles. The minimum atomic E-state index is -0.238. The fourth-order valence-corrected chi connectivity index (χ4v) is 4.88. The minimum Gasteiger partial charge on any atom is -0.486 e. The Balaban J connectivity index is 1.30. The monoisotopic (exact) mass is 501 g/mol. The summed E-state index contributed by atoms with van der Waals surface area (Å²) in [5.74, 6) is 0.124. The number of benzene rings is 2. The number of hydrogen-bond donors (Lipinski definition) is 2. The molecule has 0 spiro atoms. The van der Waals surface area contributed by atoms with Crippen molar-refractivity contribution in [2.24, 2.45) is 0 Å². The van der Waals surface area contributed by atoms with Crippen molar-refractivity contribution in [2.45, 2.75) is 38.3 Å². The van der Waals surface area contributed by atoms with Crippen molar-refractivity contribution < 1.29 is 18.7 Å². The molecule has 2 fully saturated rings. The average Bonchev–Trinajstić information content (AvgIpc) is 3.44. The van der Waals surface area contributed by atoms with Gasteiger partial charge in [0.1, 0.15) is 17.7 Å². The largest absolute Gasteiger partial charge is 0.486 e. The van der Waals surface area contributed by atoms with Gasteiger partial charge in [0.05, 0.1) is 31.0 Å². The third kappa shape index (κ3) is 6.24. The van der Waals surface area contributed by atoms with Crippen LogP contribution in [0.4, 0.5) is 4.39 Å². The van der Waals surface area contributed by atoms with Crippen LogP contribution in [-0.2, 0) is 4.74 Å². The molecule has 7 heteroatoms. The molecule has 1 amide bonds. The summed E-state index contributed by atoms with van der Waals surface area (Å²) < 4.78 is 24.8. The number of nitrogens with one attached hydrogen (secondary N) is 2. The van der Waals surface area contributed by atoms with Crippen molar-refractivity contribution in [3.8, 4) is 5.75 Å². The van der Waals surface area contributed by atoms with Crippen LogP contribution in [0.1, 0.15) is 59.3 Å². The molecule has 0 bridgehead atoms. The molecule has 2 aromatic carbocycles. The van der Waals surface area contributed by atoms with Crippen LogP contribution >= 0.6 is 0 Å². The molecule has 2 atom stereocenters. The quantitative estimate of drug-likeness (QED) is 0.473. The average molecular weight is 502 g/mol. The van der Waals surface area contributed by atoms with Gasteiger partial charge in [0, 0.05) is 12.6 Å². The van der Waals surface area contributed by atoms with Gasteiger partial charge in [0.2, 0.25) is 0 Å². The van der Waals surface area contributed by atoms with Gasteiger partial charge in [-0.25, -0.2) is 4.39 Å². The molecule has 5 rings (SSSR count). The van der Waals surface area contributed by atoms with Gasteiger partial charge in [0.25, 0.3) is 5.91 Å². The molecule has 3 aromatic rings. The van der Waals surface area contributed by atoms with Gasteiger partial charge in [-0.3, -0.25) is 9.78 Å². The van der Waals surface area contributed by atoms with E-state index in [4.69, 9.17) is 9.47 Å². The van der Waals surface area contributed by atoms with E-state index in [-0.39, 0.29) is 23.9 Å². The lowest BCUT2D eigenvalue weighted by molar-refractivity contribution is 0.0938. The number of rotatable bonds is 7. The Morgan fingerprint density at radius 1 is 1.05 bits per heavy atom. The fourth-order valence-electron chi connectivity index (χ4n) is 4.88. The van der Waals surface area contributed by atoms with Gasteiger partial charge in [-0.15, -0.1) is 0 Å². The molecule has 37 heavy (non-hydrogen) atoms. The zero-order valence-electron chi connectivity index (χ0n) is 21.0. The van der Waals surface area contributed by atoms with E-state index >= 15 is 0 Å². The molecule has 0 saturated carbocycles. The summed E-state index contributed by atoms with van der Waals surface area (Å²) >= 11 is 0. The number of amides is 1. The zero-order chi connectivity index (χ0) is 25.6. The van der Waals surface area contributed by atoms with Crippen LogP contribution in [0.25, 0.3) is 5.57 Å². The first-order chi connectivity index (χ1) is 18.1. The number of carbonyl (C=O) groups excluding carboxylic acids is 1. The van der Waals surface area contributed by atoms with E-state index in [1.165, 1.54) is 23.3 Å². The maximum absolute atomic E-state index is 13.6. The second-order valence-electron chi connectivity index (χ2n) is 9.57. The van der Waals surface area contributed by atoms with Crippen LogP contribution in [0.2, 0.25) is 0 Å². The number of pyridine rings is 1. The summed E-state index contributed by atoms with van der Waals surface area (Å²) in [6, 6.07) is 16.5. The molecule has 1 aromatic heterocycles. The standard InChI is InChI=1S/C30H32FN3O3/c1-20(34-30(35)25-16-28(18-33-17-25)37-27-12-15-36-19-27)21-2-4-22(5-3-21)29(24-10-13-32-14-11-24)23-6-8-26(31)9-7-23/h2-9,16-18,20,27,32H,10-15,19H2,1H3,(H,34,35)/t20-,27-/m1/s1. The van der Waals surface area contributed by atoms with Crippen molar-refractivity contribution in [3.63, 3.8) is 0 Å². The first-order valence-corrected chi connectivity index (χ1v) is 12.9. The molecule has 2 N–H and O–H groups in total. The van der Waals surface area contributed by atoms with E-state index in [9.17, 15) is 9.18 Å². The lowest BCUT2D eigenvalue weighted by Crippen LogP contribution is -2.27. The number of hydrogen-bond acceptors (Lipinski definition) is 5. The second kappa shape index (κ2) is 11.7. The summed E-state index contributed by atoms with van der Waals surface area (Å²) in [4.78, 5) is 17.1. The van der Waals surface area contributed by atoms with Gasteiger partial charge < -0.3 is 20.1 Å². The predicted molar refractivity (Wildman–Crippen MR) is 141 cm³/mol. The second-order valence-corrected chi connectivity index (χ2v) is 9.57. The Kier molecular flexibility index (Phi) is 7.92. The van der Waals surface area contributed by atoms with Gasteiger partial charge in [-0.05, 0) is 73.3 Å². The zero-order valence-corrected chi connectivity index (χ0v) is 21.0. The summed E-state index contributed by atoms with van der Waals surface area (Å²) in [6.07, 6.45) is 5.92. The van der Waals surface area contributed by atoms with Crippen LogP contribution in [0.3, 0.4) is 0 Å². The summed E-state index contributed by atoms with van der Waals surface area (Å²) in [6.45, 7) is 5.09. The van der Waals surface area contributed by atoms with E-state index < -0.39 is 0 Å². The number of piperidine rings is 1. The normalized spacial score (nSPS) is 18.3. The van der Waals surface area contributed by atoms with Crippen LogP contribution < -0.4 is 15.4 Å². The maximum Gasteiger partial charge on any atom is 0.253 e. The highest BCUT2D eigenvalue weighted by atomic mass is 19.1. The summed E-state index contributed by atoms with van der Waals surface area (Å²) in [5.41, 5.74) is 6.10. The van der Waals surface area contributed by atoms with Crippen molar-refractivity contribution >= 4 is 11.5 Å². The molecule has 0 unspecified atom stereocenters. The van der Waals surface area contributed by atoms with Crippen LogP contribution in [0, 0.1) is 5.82 Å². The third-order valence-electron chi connectivity index (χ3n) is 6.91. The number of ether oxygens (including phenoxy) is 2. The van der Waals surface area contributed by atoms with E-state index in [0.29, 0.717) is 24.5 Å². The van der Waals surface area contributed by atoms with Gasteiger partial charge in [0.15, 0.2) is 0 Å². The Hall–Kier alpha value is -3.55. The molecular weight excluding hydrogens is 469 g/mol. The number of aromatic nitrogens is 1. The van der Waals surface area contributed by atoms with Gasteiger partial charge >= 0.3 is 0 Å². The van der Waals surface area contributed by atoms with E-state index in [1.54, 1.807) is 18.5 Å². The maximum atomic E-state index is 13.6. The topological polar surface area (TPSA) is 72.5 Å².